The molecule has 1 unspecified atom stereocenters. The standard InChI is InChI=1S/C12H14N2O5/c1-12(9-4-3-5-19-9)10(16)14(11(17)13-12)6-8(15)7-18-2/h3-5H,6-7H2,1-2H3,(H,13,17). The summed E-state index contributed by atoms with van der Waals surface area (Å²) in [5.41, 5.74) is -1.27. The number of Topliss-reactive ketones (excluding diaryl/α,β-unsaturated/α-hetero) is 1. The Morgan fingerprint density at radius 2 is 2.26 bits per heavy atom. The molecular formula is C12H14N2O5. The van der Waals surface area contributed by atoms with Crippen LogP contribution < -0.4 is 5.32 Å². The van der Waals surface area contributed by atoms with Crippen molar-refractivity contribution in [1.82, 2.24) is 10.2 Å². The van der Waals surface area contributed by atoms with Gasteiger partial charge < -0.3 is 14.5 Å². The molecule has 3 amide bonds. The van der Waals surface area contributed by atoms with Crippen LogP contribution in [0.1, 0.15) is 12.7 Å². The Hall–Kier alpha value is -2.15. The Bertz CT molecular complexity index is 510. The van der Waals surface area contributed by atoms with E-state index in [1.807, 2.05) is 0 Å². The fourth-order valence-electron chi connectivity index (χ4n) is 1.95. The van der Waals surface area contributed by atoms with Crippen molar-refractivity contribution in [2.45, 2.75) is 12.5 Å². The van der Waals surface area contributed by atoms with Gasteiger partial charge in [-0.1, -0.05) is 0 Å². The van der Waals surface area contributed by atoms with Crippen molar-refractivity contribution in [3.63, 3.8) is 0 Å². The van der Waals surface area contributed by atoms with Crippen LogP contribution in [0.4, 0.5) is 4.79 Å². The number of nitrogens with one attached hydrogen (secondary N) is 1. The summed E-state index contributed by atoms with van der Waals surface area (Å²) in [5.74, 6) is -0.542. The molecule has 19 heavy (non-hydrogen) atoms. The lowest BCUT2D eigenvalue weighted by molar-refractivity contribution is -0.135. The van der Waals surface area contributed by atoms with Crippen LogP contribution in [0, 0.1) is 0 Å². The summed E-state index contributed by atoms with van der Waals surface area (Å²) in [5, 5.41) is 2.53. The highest BCUT2D eigenvalue weighted by molar-refractivity contribution is 6.09. The van der Waals surface area contributed by atoms with Crippen molar-refractivity contribution in [3.05, 3.63) is 24.2 Å². The van der Waals surface area contributed by atoms with Gasteiger partial charge in [-0.05, 0) is 19.1 Å². The number of nitrogens with zero attached hydrogens (tertiary/aromatic N) is 1. The average Bonchev–Trinajstić information content (AvgIpc) is 2.94. The third-order valence-electron chi connectivity index (χ3n) is 2.93. The Labute approximate surface area is 109 Å². The summed E-state index contributed by atoms with van der Waals surface area (Å²) in [4.78, 5) is 36.4. The maximum absolute atomic E-state index is 12.3. The first-order valence-corrected chi connectivity index (χ1v) is 5.68. The van der Waals surface area contributed by atoms with E-state index in [1.54, 1.807) is 12.1 Å². The summed E-state index contributed by atoms with van der Waals surface area (Å²) in [6.45, 7) is 1.08. The number of hydrogen-bond acceptors (Lipinski definition) is 5. The molecule has 2 rings (SSSR count). The molecule has 0 bridgehead atoms. The molecule has 0 spiro atoms. The first kappa shape index (κ1) is 13.3. The van der Waals surface area contributed by atoms with E-state index in [4.69, 9.17) is 4.42 Å². The molecule has 1 aromatic rings. The van der Waals surface area contributed by atoms with Gasteiger partial charge in [0.15, 0.2) is 11.3 Å². The van der Waals surface area contributed by atoms with Crippen LogP contribution in [0.25, 0.3) is 0 Å². The maximum atomic E-state index is 12.3. The minimum Gasteiger partial charge on any atom is -0.466 e. The number of hydrogen-bond donors (Lipinski definition) is 1. The van der Waals surface area contributed by atoms with Gasteiger partial charge in [0.25, 0.3) is 5.91 Å². The van der Waals surface area contributed by atoms with E-state index >= 15 is 0 Å². The quantitative estimate of drug-likeness (QED) is 0.772. The summed E-state index contributed by atoms with van der Waals surface area (Å²) in [7, 11) is 1.37. The molecule has 7 heteroatoms. The Morgan fingerprint density at radius 1 is 1.53 bits per heavy atom. The molecular weight excluding hydrogens is 252 g/mol. The van der Waals surface area contributed by atoms with Crippen LogP contribution in [0.2, 0.25) is 0 Å². The highest BCUT2D eigenvalue weighted by atomic mass is 16.5. The first-order chi connectivity index (χ1) is 8.99. The molecule has 7 nitrogen and oxygen atoms in total. The van der Waals surface area contributed by atoms with Crippen molar-refractivity contribution in [1.29, 1.82) is 0 Å². The molecule has 0 saturated carbocycles. The number of ether oxygens (including phenoxy) is 1. The second-order valence-corrected chi connectivity index (χ2v) is 4.40. The van der Waals surface area contributed by atoms with Crippen LogP contribution in [0.15, 0.2) is 22.8 Å². The minimum atomic E-state index is -1.27. The minimum absolute atomic E-state index is 0.144. The number of carbonyl (C=O) groups is 3. The maximum Gasteiger partial charge on any atom is 0.325 e. The molecule has 1 N–H and O–H groups in total. The lowest BCUT2D eigenvalue weighted by atomic mass is 9.99. The van der Waals surface area contributed by atoms with E-state index in [1.165, 1.54) is 20.3 Å². The lowest BCUT2D eigenvalue weighted by Gasteiger charge is -2.18. The number of carbonyl (C=O) groups excluding carboxylic acids is 3. The zero-order chi connectivity index (χ0) is 14.0. The number of urea groups is 1. The van der Waals surface area contributed by atoms with Crippen LogP contribution in [-0.2, 0) is 19.9 Å². The van der Waals surface area contributed by atoms with Crippen molar-refractivity contribution < 1.29 is 23.5 Å². The van der Waals surface area contributed by atoms with E-state index in [0.29, 0.717) is 5.76 Å². The number of rotatable bonds is 5. The highest BCUT2D eigenvalue weighted by Crippen LogP contribution is 2.28. The van der Waals surface area contributed by atoms with E-state index in [0.717, 1.165) is 4.90 Å². The Morgan fingerprint density at radius 3 is 2.84 bits per heavy atom. The van der Waals surface area contributed by atoms with E-state index in [2.05, 4.69) is 10.1 Å². The number of methoxy groups -OCH3 is 1. The first-order valence-electron chi connectivity index (χ1n) is 5.68. The van der Waals surface area contributed by atoms with Gasteiger partial charge in [0.05, 0.1) is 12.8 Å². The molecule has 1 aromatic heterocycles. The van der Waals surface area contributed by atoms with Crippen molar-refractivity contribution in [3.8, 4) is 0 Å². The number of amides is 3. The van der Waals surface area contributed by atoms with Gasteiger partial charge in [-0.3, -0.25) is 14.5 Å². The molecule has 0 aromatic carbocycles. The molecule has 1 saturated heterocycles. The van der Waals surface area contributed by atoms with Gasteiger partial charge in [0, 0.05) is 7.11 Å². The van der Waals surface area contributed by atoms with Gasteiger partial charge in [-0.15, -0.1) is 0 Å². The molecule has 1 fully saturated rings. The predicted octanol–water partition coefficient (Wildman–Crippen LogP) is 0.262. The lowest BCUT2D eigenvalue weighted by Crippen LogP contribution is -2.41. The topological polar surface area (TPSA) is 88.8 Å². The fraction of sp³-hybridized carbons (Fsp3) is 0.417. The second-order valence-electron chi connectivity index (χ2n) is 4.40. The van der Waals surface area contributed by atoms with E-state index < -0.39 is 17.5 Å². The van der Waals surface area contributed by atoms with E-state index in [-0.39, 0.29) is 18.9 Å². The molecule has 1 aliphatic heterocycles. The number of furan rings is 1. The summed E-state index contributed by atoms with van der Waals surface area (Å²) < 4.78 is 9.84. The molecule has 0 radical (unpaired) electrons. The SMILES string of the molecule is COCC(=O)CN1C(=O)NC(C)(c2ccco2)C1=O. The molecule has 1 atom stereocenters. The molecule has 1 aliphatic rings. The van der Waals surface area contributed by atoms with Gasteiger partial charge in [-0.25, -0.2) is 4.79 Å². The van der Waals surface area contributed by atoms with Crippen LogP contribution in [0.5, 0.6) is 0 Å². The van der Waals surface area contributed by atoms with Crippen molar-refractivity contribution in [2.75, 3.05) is 20.3 Å². The third-order valence-corrected chi connectivity index (χ3v) is 2.93. The van der Waals surface area contributed by atoms with Gasteiger partial charge in [0.2, 0.25) is 0 Å². The highest BCUT2D eigenvalue weighted by Gasteiger charge is 2.51. The number of imide groups is 1. The predicted molar refractivity (Wildman–Crippen MR) is 63.2 cm³/mol. The molecule has 0 aliphatic carbocycles. The molecule has 102 valence electrons. The van der Waals surface area contributed by atoms with Crippen molar-refractivity contribution in [2.24, 2.45) is 0 Å². The number of ketones is 1. The third kappa shape index (κ3) is 2.24. The molecule has 2 heterocycles. The van der Waals surface area contributed by atoms with Crippen LogP contribution in [0.3, 0.4) is 0 Å². The van der Waals surface area contributed by atoms with Gasteiger partial charge in [0.1, 0.15) is 12.4 Å². The summed E-state index contributed by atoms with van der Waals surface area (Å²) in [6, 6.07) is 2.60. The second kappa shape index (κ2) is 4.85. The summed E-state index contributed by atoms with van der Waals surface area (Å²) in [6.07, 6.45) is 1.42. The fourth-order valence-corrected chi connectivity index (χ4v) is 1.95. The zero-order valence-corrected chi connectivity index (χ0v) is 10.6. The zero-order valence-electron chi connectivity index (χ0n) is 10.6. The Kier molecular flexibility index (Phi) is 3.39. The smallest absolute Gasteiger partial charge is 0.325 e. The average molecular weight is 266 g/mol. The largest absolute Gasteiger partial charge is 0.466 e. The van der Waals surface area contributed by atoms with Crippen molar-refractivity contribution >= 4 is 17.7 Å². The Balaban J connectivity index is 2.19. The normalized spacial score (nSPS) is 22.7. The monoisotopic (exact) mass is 266 g/mol. The van der Waals surface area contributed by atoms with Crippen LogP contribution in [-0.4, -0.2) is 42.9 Å². The summed E-state index contributed by atoms with van der Waals surface area (Å²) >= 11 is 0. The van der Waals surface area contributed by atoms with E-state index in [9.17, 15) is 14.4 Å². The van der Waals surface area contributed by atoms with Crippen LogP contribution >= 0.6 is 0 Å². The van der Waals surface area contributed by atoms with Gasteiger partial charge in [-0.2, -0.15) is 0 Å². The van der Waals surface area contributed by atoms with Gasteiger partial charge >= 0.3 is 6.03 Å².